The van der Waals surface area contributed by atoms with Gasteiger partial charge in [-0.3, -0.25) is 0 Å². The Labute approximate surface area is 116 Å². The summed E-state index contributed by atoms with van der Waals surface area (Å²) < 4.78 is 61.1. The zero-order valence-electron chi connectivity index (χ0n) is 6.54. The van der Waals surface area contributed by atoms with E-state index in [0.717, 1.165) is 0 Å². The highest BCUT2D eigenvalue weighted by molar-refractivity contribution is 6.51. The predicted molar refractivity (Wildman–Crippen MR) is 52.7 cm³/mol. The maximum absolute atomic E-state index is 11.5. The van der Waals surface area contributed by atoms with Crippen LogP contribution in [-0.2, 0) is 0 Å². The lowest BCUT2D eigenvalue weighted by Gasteiger charge is -2.13. The third kappa shape index (κ3) is 8.42. The summed E-state index contributed by atoms with van der Waals surface area (Å²) in [4.78, 5) is 0. The molecule has 0 bridgehead atoms. The molecule has 0 aliphatic carbocycles. The average molecular weight is 375 g/mol. The number of hydrogen-bond donors (Lipinski definition) is 0. The maximum atomic E-state index is 11.5. The van der Waals surface area contributed by atoms with Crippen molar-refractivity contribution in [2.75, 3.05) is 0 Å². The number of alkyl halides is 12. The van der Waals surface area contributed by atoms with Gasteiger partial charge in [0, 0.05) is 0 Å². The van der Waals surface area contributed by atoms with Crippen molar-refractivity contribution in [1.29, 1.82) is 0 Å². The zero-order chi connectivity index (χ0) is 14.0. The van der Waals surface area contributed by atoms with Crippen molar-refractivity contribution < 1.29 is 26.3 Å². The van der Waals surface area contributed by atoms with Crippen LogP contribution in [0.2, 0.25) is 0 Å². The number of rotatable bonds is 2. The van der Waals surface area contributed by atoms with E-state index in [4.69, 9.17) is 0 Å². The summed E-state index contributed by atoms with van der Waals surface area (Å²) in [5.74, 6) is 0. The highest BCUT2D eigenvalue weighted by Gasteiger charge is 2.51. The Morgan fingerprint density at radius 1 is 0.438 bits per heavy atom. The molecule has 0 aromatic carbocycles. The summed E-state index contributed by atoms with van der Waals surface area (Å²) in [6, 6.07) is 0. The molecule has 0 aliphatic rings. The molecule has 0 radical (unpaired) electrons. The van der Waals surface area contributed by atoms with Crippen molar-refractivity contribution in [3.05, 3.63) is 0 Å². The second-order valence-electron chi connectivity index (χ2n) is 1.99. The summed E-state index contributed by atoms with van der Waals surface area (Å²) in [6.07, 6.45) is 0. The summed E-state index contributed by atoms with van der Waals surface area (Å²) in [7, 11) is 0. The normalized spacial score (nSPS) is 14.2. The van der Waals surface area contributed by atoms with Crippen molar-refractivity contribution in [3.63, 3.8) is 0 Å². The smallest absolute Gasteiger partial charge is 0.199 e. The molecule has 0 amide bonds. The van der Waals surface area contributed by atoms with Crippen LogP contribution in [0.3, 0.4) is 0 Å². The lowest BCUT2D eigenvalue weighted by molar-refractivity contribution is 0.0239. The third-order valence-electron chi connectivity index (χ3n) is 0.643. The van der Waals surface area contributed by atoms with Crippen LogP contribution >= 0.6 is 69.6 Å². The summed E-state index contributed by atoms with van der Waals surface area (Å²) in [6.45, 7) is 0. The molecule has 0 atom stereocenters. The minimum absolute atomic E-state index is 3.69. The Bertz CT molecular complexity index is 159. The Morgan fingerprint density at radius 2 is 0.500 bits per heavy atom. The van der Waals surface area contributed by atoms with E-state index in [1.807, 2.05) is 0 Å². The molecule has 0 spiro atoms. The highest BCUT2D eigenvalue weighted by Crippen LogP contribution is 2.43. The van der Waals surface area contributed by atoms with Crippen molar-refractivity contribution in [2.24, 2.45) is 0 Å². The highest BCUT2D eigenvalue weighted by atomic mass is 35.5. The van der Waals surface area contributed by atoms with E-state index < -0.39 is 19.9 Å². The SMILES string of the molecule is FC(F)(Cl)C(F)(Cl)Cl.FC(F)(Cl)C(F)(Cl)Cl. The largest absolute Gasteiger partial charge is 0.383 e. The number of halogens is 12. The monoisotopic (exact) mass is 372 g/mol. The van der Waals surface area contributed by atoms with Gasteiger partial charge in [0.2, 0.25) is 0 Å². The Hall–Kier alpha value is 1.32. The Balaban J connectivity index is 0. The summed E-state index contributed by atoms with van der Waals surface area (Å²) in [5.41, 5.74) is 0. The van der Waals surface area contributed by atoms with Crippen molar-refractivity contribution >= 4 is 69.6 Å². The van der Waals surface area contributed by atoms with E-state index in [2.05, 4.69) is 69.6 Å². The van der Waals surface area contributed by atoms with Gasteiger partial charge in [0.25, 0.3) is 0 Å². The lowest BCUT2D eigenvalue weighted by Crippen LogP contribution is -2.27. The molecule has 0 fully saturated rings. The van der Waals surface area contributed by atoms with Crippen LogP contribution in [0.25, 0.3) is 0 Å². The van der Waals surface area contributed by atoms with Crippen molar-refractivity contribution in [2.45, 2.75) is 19.9 Å². The molecular weight excluding hydrogens is 375 g/mol. The van der Waals surface area contributed by atoms with Gasteiger partial charge in [-0.2, -0.15) is 26.3 Å². The van der Waals surface area contributed by atoms with Crippen LogP contribution in [0.5, 0.6) is 0 Å². The van der Waals surface area contributed by atoms with E-state index in [1.165, 1.54) is 0 Å². The molecule has 0 aromatic heterocycles. The van der Waals surface area contributed by atoms with Gasteiger partial charge in [-0.25, -0.2) is 0 Å². The van der Waals surface area contributed by atoms with E-state index in [9.17, 15) is 26.3 Å². The van der Waals surface area contributed by atoms with Gasteiger partial charge in [0.15, 0.2) is 0 Å². The minimum Gasteiger partial charge on any atom is -0.199 e. The van der Waals surface area contributed by atoms with Gasteiger partial charge in [0.05, 0.1) is 0 Å². The molecule has 0 rings (SSSR count). The van der Waals surface area contributed by atoms with Crippen molar-refractivity contribution in [1.82, 2.24) is 0 Å². The molecule has 0 aliphatic heterocycles. The molecule has 0 saturated heterocycles. The first-order chi connectivity index (χ1) is 6.50. The average Bonchev–Trinajstić information content (AvgIpc) is 1.77. The van der Waals surface area contributed by atoms with Gasteiger partial charge < -0.3 is 0 Å². The van der Waals surface area contributed by atoms with Crippen LogP contribution in [-0.4, -0.2) is 19.9 Å². The van der Waals surface area contributed by atoms with Gasteiger partial charge >= 0.3 is 19.9 Å². The second kappa shape index (κ2) is 5.97. The van der Waals surface area contributed by atoms with Gasteiger partial charge in [-0.15, -0.1) is 0 Å². The molecule has 0 saturated carbocycles. The van der Waals surface area contributed by atoms with Gasteiger partial charge in [-0.05, 0) is 23.2 Å². The van der Waals surface area contributed by atoms with Gasteiger partial charge in [0.1, 0.15) is 0 Å². The summed E-state index contributed by atoms with van der Waals surface area (Å²) >= 11 is 25.0. The van der Waals surface area contributed by atoms with E-state index >= 15 is 0 Å². The van der Waals surface area contributed by atoms with Crippen LogP contribution in [0, 0.1) is 0 Å². The minimum atomic E-state index is -4.23. The standard InChI is InChI=1S/2C2Cl3F3/c2*3-1(4,6)2(5,7)8. The second-order valence-corrected chi connectivity index (χ2v) is 5.41. The fourth-order valence-corrected chi connectivity index (χ4v) is 0. The molecule has 100 valence electrons. The zero-order valence-corrected chi connectivity index (χ0v) is 11.1. The topological polar surface area (TPSA) is 0 Å². The first-order valence-corrected chi connectivity index (χ1v) is 5.04. The van der Waals surface area contributed by atoms with E-state index in [-0.39, 0.29) is 0 Å². The predicted octanol–water partition coefficient (Wildman–Crippen LogP) is 5.84. The molecule has 0 aromatic rings. The Morgan fingerprint density at radius 3 is 0.500 bits per heavy atom. The summed E-state index contributed by atoms with van der Waals surface area (Å²) in [5, 5.41) is -8.45. The quantitative estimate of drug-likeness (QED) is 0.421. The molecule has 0 unspecified atom stereocenters. The van der Waals surface area contributed by atoms with Crippen LogP contribution < -0.4 is 0 Å². The van der Waals surface area contributed by atoms with E-state index in [1.54, 1.807) is 0 Å². The van der Waals surface area contributed by atoms with Crippen LogP contribution in [0.1, 0.15) is 0 Å². The fraction of sp³-hybridized carbons (Fsp3) is 1.00. The molecular formula is C4Cl6F6. The molecule has 16 heavy (non-hydrogen) atoms. The fourth-order valence-electron chi connectivity index (χ4n) is 0. The molecule has 12 heteroatoms. The number of hydrogen-bond acceptors (Lipinski definition) is 0. The first kappa shape index (κ1) is 19.7. The Kier molecular flexibility index (Phi) is 7.34. The third-order valence-corrected chi connectivity index (χ3v) is 2.50. The molecule has 0 N–H and O–H groups in total. The molecule has 0 heterocycles. The van der Waals surface area contributed by atoms with Gasteiger partial charge in [-0.1, -0.05) is 46.4 Å². The van der Waals surface area contributed by atoms with E-state index in [0.29, 0.717) is 0 Å². The van der Waals surface area contributed by atoms with Crippen LogP contribution in [0.15, 0.2) is 0 Å². The lowest BCUT2D eigenvalue weighted by atomic mass is 10.8. The molecule has 0 nitrogen and oxygen atoms in total. The first-order valence-electron chi connectivity index (χ1n) is 2.77. The van der Waals surface area contributed by atoms with Crippen molar-refractivity contribution in [3.8, 4) is 0 Å². The van der Waals surface area contributed by atoms with Crippen LogP contribution in [0.4, 0.5) is 26.3 Å². The maximum Gasteiger partial charge on any atom is 0.383 e.